The van der Waals surface area contributed by atoms with Gasteiger partial charge in [-0.25, -0.2) is 4.98 Å². The molecule has 30 heavy (non-hydrogen) atoms. The van der Waals surface area contributed by atoms with Gasteiger partial charge in [0.1, 0.15) is 0 Å². The van der Waals surface area contributed by atoms with E-state index in [1.54, 1.807) is 17.0 Å². The summed E-state index contributed by atoms with van der Waals surface area (Å²) in [4.78, 5) is 22.2. The van der Waals surface area contributed by atoms with Crippen LogP contribution in [0.15, 0.2) is 53.6 Å². The molecule has 2 aliphatic rings. The summed E-state index contributed by atoms with van der Waals surface area (Å²) in [7, 11) is 1.83. The van der Waals surface area contributed by atoms with Crippen LogP contribution in [0.25, 0.3) is 22.5 Å². The van der Waals surface area contributed by atoms with E-state index in [0.29, 0.717) is 17.7 Å². The number of anilines is 1. The molecule has 0 radical (unpaired) electrons. The van der Waals surface area contributed by atoms with Gasteiger partial charge in [-0.1, -0.05) is 24.3 Å². The molecule has 1 atom stereocenters. The quantitative estimate of drug-likeness (QED) is 0.662. The van der Waals surface area contributed by atoms with Crippen molar-refractivity contribution in [2.45, 2.75) is 25.2 Å². The number of aromatic nitrogens is 3. The molecule has 2 fully saturated rings. The Morgan fingerprint density at radius 2 is 1.97 bits per heavy atom. The third kappa shape index (κ3) is 3.75. The Morgan fingerprint density at radius 3 is 2.63 bits per heavy atom. The van der Waals surface area contributed by atoms with Crippen LogP contribution in [-0.2, 0) is 7.05 Å². The second-order valence-electron chi connectivity index (χ2n) is 8.40. The fourth-order valence-electron chi connectivity index (χ4n) is 4.24. The van der Waals surface area contributed by atoms with E-state index in [9.17, 15) is 4.79 Å². The Hall–Kier alpha value is -2.99. The fraction of sp³-hybridized carbons (Fsp3) is 0.375. The predicted octanol–water partition coefficient (Wildman–Crippen LogP) is 3.41. The van der Waals surface area contributed by atoms with Crippen molar-refractivity contribution in [2.75, 3.05) is 25.0 Å². The summed E-state index contributed by atoms with van der Waals surface area (Å²) in [6, 6.07) is 12.5. The number of nitrogens with one attached hydrogen (secondary N) is 2. The molecule has 6 heteroatoms. The Balaban J connectivity index is 1.57. The van der Waals surface area contributed by atoms with E-state index in [4.69, 9.17) is 4.98 Å². The van der Waals surface area contributed by atoms with Gasteiger partial charge in [-0.05, 0) is 61.9 Å². The Labute approximate surface area is 176 Å². The summed E-state index contributed by atoms with van der Waals surface area (Å²) in [5, 5.41) is 6.68. The maximum atomic E-state index is 13.1. The monoisotopic (exact) mass is 401 g/mol. The van der Waals surface area contributed by atoms with Gasteiger partial charge in [-0.15, -0.1) is 0 Å². The minimum atomic E-state index is -0.102. The first-order chi connectivity index (χ1) is 14.7. The molecule has 0 spiro atoms. The highest BCUT2D eigenvalue weighted by Crippen LogP contribution is 2.41. The highest BCUT2D eigenvalue weighted by Gasteiger charge is 2.24. The van der Waals surface area contributed by atoms with Crippen molar-refractivity contribution < 1.29 is 0 Å². The molecule has 1 aromatic carbocycles. The van der Waals surface area contributed by atoms with Gasteiger partial charge in [0.05, 0.1) is 11.4 Å². The molecule has 1 aliphatic carbocycles. The van der Waals surface area contributed by atoms with Gasteiger partial charge in [0.15, 0.2) is 5.82 Å². The summed E-state index contributed by atoms with van der Waals surface area (Å²) in [5.74, 6) is 1.63. The zero-order valence-corrected chi connectivity index (χ0v) is 17.3. The van der Waals surface area contributed by atoms with E-state index in [2.05, 4.69) is 39.9 Å². The number of hydrogen-bond acceptors (Lipinski definition) is 5. The molecule has 0 unspecified atom stereocenters. The molecule has 154 valence electrons. The van der Waals surface area contributed by atoms with E-state index in [-0.39, 0.29) is 5.56 Å². The number of rotatable bonds is 6. The zero-order chi connectivity index (χ0) is 20.5. The Kier molecular flexibility index (Phi) is 5.09. The Morgan fingerprint density at radius 1 is 1.13 bits per heavy atom. The van der Waals surface area contributed by atoms with Gasteiger partial charge < -0.3 is 15.2 Å². The SMILES string of the molecule is Cn1c(-c2ccc(C3CC3)cc2)c(-c2cccnc2)nc(NC[C@H]2CCNC2)c1=O. The molecule has 5 rings (SSSR count). The molecular weight excluding hydrogens is 374 g/mol. The van der Waals surface area contributed by atoms with E-state index < -0.39 is 0 Å². The topological polar surface area (TPSA) is 71.8 Å². The Bertz CT molecular complexity index is 1080. The lowest BCUT2D eigenvalue weighted by molar-refractivity contribution is 0.613. The van der Waals surface area contributed by atoms with E-state index in [0.717, 1.165) is 48.6 Å². The minimum absolute atomic E-state index is 0.102. The van der Waals surface area contributed by atoms with E-state index in [1.807, 2.05) is 19.2 Å². The highest BCUT2D eigenvalue weighted by atomic mass is 16.1. The molecule has 3 aromatic rings. The second-order valence-corrected chi connectivity index (χ2v) is 8.40. The van der Waals surface area contributed by atoms with Crippen LogP contribution in [0.3, 0.4) is 0 Å². The van der Waals surface area contributed by atoms with Crippen LogP contribution in [0.4, 0.5) is 5.82 Å². The van der Waals surface area contributed by atoms with Crippen molar-refractivity contribution in [3.8, 4) is 22.5 Å². The van der Waals surface area contributed by atoms with Crippen LogP contribution < -0.4 is 16.2 Å². The van der Waals surface area contributed by atoms with Gasteiger partial charge in [0.25, 0.3) is 5.56 Å². The molecule has 0 bridgehead atoms. The van der Waals surface area contributed by atoms with Gasteiger partial charge in [-0.2, -0.15) is 0 Å². The van der Waals surface area contributed by atoms with Crippen molar-refractivity contribution in [2.24, 2.45) is 13.0 Å². The lowest BCUT2D eigenvalue weighted by Gasteiger charge is -2.17. The number of hydrogen-bond donors (Lipinski definition) is 2. The third-order valence-corrected chi connectivity index (χ3v) is 6.18. The standard InChI is InChI=1S/C24H27N5O/c1-29-22(19-8-6-18(7-9-19)17-4-5-17)21(20-3-2-11-25-15-20)28-23(24(29)30)27-14-16-10-12-26-13-16/h2-3,6-9,11,15-17,26H,4-5,10,12-14H2,1H3,(H,27,28)/t16-/m0/s1. The van der Waals surface area contributed by atoms with Gasteiger partial charge in [0, 0.05) is 37.1 Å². The van der Waals surface area contributed by atoms with E-state index in [1.165, 1.54) is 18.4 Å². The number of pyridine rings is 1. The predicted molar refractivity (Wildman–Crippen MR) is 120 cm³/mol. The lowest BCUT2D eigenvalue weighted by atomic mass is 10.0. The zero-order valence-electron chi connectivity index (χ0n) is 17.3. The van der Waals surface area contributed by atoms with Crippen molar-refractivity contribution >= 4 is 5.82 Å². The molecule has 1 saturated carbocycles. The molecule has 0 amide bonds. The van der Waals surface area contributed by atoms with Crippen LogP contribution in [0.2, 0.25) is 0 Å². The summed E-state index contributed by atoms with van der Waals surface area (Å²) in [6.45, 7) is 2.76. The maximum absolute atomic E-state index is 13.1. The molecule has 2 N–H and O–H groups in total. The van der Waals surface area contributed by atoms with Crippen molar-refractivity contribution in [1.29, 1.82) is 0 Å². The van der Waals surface area contributed by atoms with Crippen molar-refractivity contribution in [3.05, 3.63) is 64.7 Å². The summed E-state index contributed by atoms with van der Waals surface area (Å²) < 4.78 is 1.72. The largest absolute Gasteiger partial charge is 0.365 e. The van der Waals surface area contributed by atoms with Crippen molar-refractivity contribution in [1.82, 2.24) is 19.9 Å². The molecule has 1 saturated heterocycles. The highest BCUT2D eigenvalue weighted by molar-refractivity contribution is 5.79. The molecule has 3 heterocycles. The lowest BCUT2D eigenvalue weighted by Crippen LogP contribution is -2.27. The maximum Gasteiger partial charge on any atom is 0.293 e. The van der Waals surface area contributed by atoms with Gasteiger partial charge in [-0.3, -0.25) is 9.78 Å². The van der Waals surface area contributed by atoms with Crippen molar-refractivity contribution in [3.63, 3.8) is 0 Å². The normalized spacial score (nSPS) is 18.5. The molecule has 1 aliphatic heterocycles. The van der Waals surface area contributed by atoms with Gasteiger partial charge >= 0.3 is 0 Å². The minimum Gasteiger partial charge on any atom is -0.365 e. The van der Waals surface area contributed by atoms with Gasteiger partial charge in [0.2, 0.25) is 0 Å². The average Bonchev–Trinajstić information content (AvgIpc) is 3.51. The second kappa shape index (κ2) is 8.03. The average molecular weight is 402 g/mol. The first-order valence-corrected chi connectivity index (χ1v) is 10.8. The number of nitrogens with zero attached hydrogens (tertiary/aromatic N) is 3. The van der Waals surface area contributed by atoms with Crippen LogP contribution >= 0.6 is 0 Å². The first kappa shape index (κ1) is 19.0. The van der Waals surface area contributed by atoms with Crippen LogP contribution in [0.1, 0.15) is 30.7 Å². The smallest absolute Gasteiger partial charge is 0.293 e. The van der Waals surface area contributed by atoms with E-state index >= 15 is 0 Å². The fourth-order valence-corrected chi connectivity index (χ4v) is 4.24. The molecule has 6 nitrogen and oxygen atoms in total. The third-order valence-electron chi connectivity index (χ3n) is 6.18. The van der Waals surface area contributed by atoms with Crippen LogP contribution in [0.5, 0.6) is 0 Å². The number of benzene rings is 1. The molecule has 2 aromatic heterocycles. The summed E-state index contributed by atoms with van der Waals surface area (Å²) in [5.41, 5.74) is 4.77. The summed E-state index contributed by atoms with van der Waals surface area (Å²) >= 11 is 0. The molecular formula is C24H27N5O. The van der Waals surface area contributed by atoms with Crippen LogP contribution in [0, 0.1) is 5.92 Å². The summed E-state index contributed by atoms with van der Waals surface area (Å²) in [6.07, 6.45) is 7.23. The first-order valence-electron chi connectivity index (χ1n) is 10.8. The van der Waals surface area contributed by atoms with Crippen LogP contribution in [-0.4, -0.2) is 34.2 Å².